The van der Waals surface area contributed by atoms with Crippen LogP contribution in [0.5, 0.6) is 17.2 Å². The van der Waals surface area contributed by atoms with Crippen molar-refractivity contribution in [1.82, 2.24) is 9.55 Å². The van der Waals surface area contributed by atoms with E-state index >= 15 is 0 Å². The van der Waals surface area contributed by atoms with Crippen LogP contribution in [0.25, 0.3) is 11.0 Å². The summed E-state index contributed by atoms with van der Waals surface area (Å²) in [5.41, 5.74) is 2.66. The second-order valence-electron chi connectivity index (χ2n) is 7.29. The van der Waals surface area contributed by atoms with Crippen molar-refractivity contribution in [3.63, 3.8) is 0 Å². The molecule has 2 heterocycles. The summed E-state index contributed by atoms with van der Waals surface area (Å²) in [6.45, 7) is 0.605. The first-order chi connectivity index (χ1) is 14.7. The second kappa shape index (κ2) is 7.72. The zero-order valence-corrected chi connectivity index (χ0v) is 16.6. The van der Waals surface area contributed by atoms with Crippen LogP contribution < -0.4 is 14.2 Å². The fourth-order valence-corrected chi connectivity index (χ4v) is 3.69. The predicted molar refractivity (Wildman–Crippen MR) is 113 cm³/mol. The number of hydrogen-bond acceptors (Lipinski definition) is 5. The minimum Gasteiger partial charge on any atom is -0.489 e. The van der Waals surface area contributed by atoms with Crippen LogP contribution in [0, 0.1) is 0 Å². The Labute approximate surface area is 174 Å². The molecule has 6 heteroatoms. The van der Waals surface area contributed by atoms with Gasteiger partial charge < -0.3 is 23.9 Å². The molecule has 3 aromatic carbocycles. The number of aromatic nitrogens is 2. The maximum atomic E-state index is 10.9. The van der Waals surface area contributed by atoms with E-state index < -0.39 is 12.2 Å². The van der Waals surface area contributed by atoms with Gasteiger partial charge in [0.2, 0.25) is 0 Å². The Morgan fingerprint density at radius 3 is 2.67 bits per heavy atom. The van der Waals surface area contributed by atoms with Crippen LogP contribution in [-0.4, -0.2) is 27.4 Å². The lowest BCUT2D eigenvalue weighted by molar-refractivity contribution is -0.0104. The normalized spacial score (nSPS) is 17.9. The summed E-state index contributed by atoms with van der Waals surface area (Å²) in [6, 6.07) is 22.9. The molecule has 0 saturated carbocycles. The first-order valence-electron chi connectivity index (χ1n) is 9.89. The topological polar surface area (TPSA) is 65.7 Å². The van der Waals surface area contributed by atoms with Gasteiger partial charge in [-0.15, -0.1) is 0 Å². The molecule has 1 aliphatic heterocycles. The molecule has 0 amide bonds. The van der Waals surface area contributed by atoms with Crippen molar-refractivity contribution in [3.8, 4) is 17.2 Å². The monoisotopic (exact) mass is 402 g/mol. The number of benzene rings is 3. The number of nitrogens with zero attached hydrogens (tertiary/aromatic N) is 2. The Hall–Kier alpha value is -3.51. The third-order valence-corrected chi connectivity index (χ3v) is 5.33. The summed E-state index contributed by atoms with van der Waals surface area (Å²) in [6.07, 6.45) is -1.30. The Balaban J connectivity index is 1.33. The molecular weight excluding hydrogens is 380 g/mol. The van der Waals surface area contributed by atoms with Crippen LogP contribution >= 0.6 is 0 Å². The number of aryl methyl sites for hydroxylation is 1. The lowest BCUT2D eigenvalue weighted by Gasteiger charge is -2.30. The molecule has 0 radical (unpaired) electrons. The van der Waals surface area contributed by atoms with Crippen molar-refractivity contribution in [3.05, 3.63) is 84.2 Å². The molecule has 0 saturated heterocycles. The molecule has 0 aliphatic carbocycles. The second-order valence-corrected chi connectivity index (χ2v) is 7.29. The lowest BCUT2D eigenvalue weighted by atomic mass is 10.0. The van der Waals surface area contributed by atoms with Gasteiger partial charge in [-0.1, -0.05) is 30.3 Å². The van der Waals surface area contributed by atoms with E-state index in [1.54, 1.807) is 0 Å². The highest BCUT2D eigenvalue weighted by molar-refractivity contribution is 5.75. The quantitative estimate of drug-likeness (QED) is 0.546. The highest BCUT2D eigenvalue weighted by Crippen LogP contribution is 2.36. The molecular formula is C24H22N2O4. The van der Waals surface area contributed by atoms with Crippen molar-refractivity contribution >= 4 is 11.0 Å². The van der Waals surface area contributed by atoms with Gasteiger partial charge in [0.05, 0.1) is 11.0 Å². The summed E-state index contributed by atoms with van der Waals surface area (Å²) < 4.78 is 19.7. The average Bonchev–Trinajstić information content (AvgIpc) is 3.11. The predicted octanol–water partition coefficient (Wildman–Crippen LogP) is 4.03. The smallest absolute Gasteiger partial charge is 0.163 e. The molecule has 152 valence electrons. The van der Waals surface area contributed by atoms with Crippen LogP contribution in [0.3, 0.4) is 0 Å². The minimum atomic E-state index is -0.812. The SMILES string of the molecule is Cn1c(COc2ccc3c(c2)C(O)C(Oc2ccccc2)CO3)nc2ccccc21. The Kier molecular flexibility index (Phi) is 4.77. The third kappa shape index (κ3) is 3.46. The number of rotatable bonds is 5. The van der Waals surface area contributed by atoms with Crippen molar-refractivity contribution in [2.75, 3.05) is 6.61 Å². The first kappa shape index (κ1) is 18.5. The van der Waals surface area contributed by atoms with Gasteiger partial charge in [-0.05, 0) is 42.5 Å². The molecule has 1 aromatic heterocycles. The van der Waals surface area contributed by atoms with E-state index in [2.05, 4.69) is 4.98 Å². The summed E-state index contributed by atoms with van der Waals surface area (Å²) in [4.78, 5) is 4.63. The van der Waals surface area contributed by atoms with Crippen LogP contribution in [0.4, 0.5) is 0 Å². The van der Waals surface area contributed by atoms with E-state index in [9.17, 15) is 5.11 Å². The van der Waals surface area contributed by atoms with Gasteiger partial charge in [-0.2, -0.15) is 0 Å². The lowest BCUT2D eigenvalue weighted by Crippen LogP contribution is -2.35. The number of imidazole rings is 1. The van der Waals surface area contributed by atoms with Crippen molar-refractivity contribution in [2.45, 2.75) is 18.8 Å². The van der Waals surface area contributed by atoms with Gasteiger partial charge in [0.15, 0.2) is 6.10 Å². The van der Waals surface area contributed by atoms with E-state index in [-0.39, 0.29) is 6.61 Å². The van der Waals surface area contributed by atoms with Gasteiger partial charge in [0.1, 0.15) is 42.4 Å². The third-order valence-electron chi connectivity index (χ3n) is 5.33. The highest BCUT2D eigenvalue weighted by atomic mass is 16.5. The zero-order valence-electron chi connectivity index (χ0n) is 16.6. The molecule has 4 aromatic rings. The summed E-state index contributed by atoms with van der Waals surface area (Å²) in [5, 5.41) is 10.9. The Morgan fingerprint density at radius 1 is 1.03 bits per heavy atom. The Morgan fingerprint density at radius 2 is 1.83 bits per heavy atom. The number of fused-ring (bicyclic) bond motifs is 2. The first-order valence-corrected chi connectivity index (χ1v) is 9.89. The van der Waals surface area contributed by atoms with E-state index in [4.69, 9.17) is 14.2 Å². The van der Waals surface area contributed by atoms with E-state index in [1.807, 2.05) is 84.4 Å². The van der Waals surface area contributed by atoms with E-state index in [0.29, 0.717) is 29.4 Å². The zero-order chi connectivity index (χ0) is 20.5. The van der Waals surface area contributed by atoms with E-state index in [0.717, 1.165) is 16.9 Å². The van der Waals surface area contributed by atoms with Gasteiger partial charge >= 0.3 is 0 Å². The average molecular weight is 402 g/mol. The molecule has 1 N–H and O–H groups in total. The van der Waals surface area contributed by atoms with Crippen LogP contribution in [0.2, 0.25) is 0 Å². The molecule has 30 heavy (non-hydrogen) atoms. The van der Waals surface area contributed by atoms with Gasteiger partial charge in [0.25, 0.3) is 0 Å². The Bertz CT molecular complexity index is 1170. The van der Waals surface area contributed by atoms with Crippen LogP contribution in [0.1, 0.15) is 17.5 Å². The van der Waals surface area contributed by atoms with Crippen LogP contribution in [-0.2, 0) is 13.7 Å². The van der Waals surface area contributed by atoms with Crippen molar-refractivity contribution in [1.29, 1.82) is 0 Å². The van der Waals surface area contributed by atoms with Gasteiger partial charge in [-0.3, -0.25) is 0 Å². The summed E-state index contributed by atoms with van der Waals surface area (Å²) >= 11 is 0. The maximum absolute atomic E-state index is 10.9. The molecule has 0 fully saturated rings. The summed E-state index contributed by atoms with van der Waals surface area (Å²) in [7, 11) is 1.98. The molecule has 5 rings (SSSR count). The van der Waals surface area contributed by atoms with Crippen molar-refractivity contribution in [2.24, 2.45) is 7.05 Å². The van der Waals surface area contributed by atoms with E-state index in [1.165, 1.54) is 0 Å². The largest absolute Gasteiger partial charge is 0.489 e. The molecule has 1 aliphatic rings. The number of aliphatic hydroxyl groups is 1. The van der Waals surface area contributed by atoms with Gasteiger partial charge in [-0.25, -0.2) is 4.98 Å². The molecule has 0 spiro atoms. The molecule has 2 atom stereocenters. The summed E-state index contributed by atoms with van der Waals surface area (Å²) in [5.74, 6) is 2.81. The molecule has 0 bridgehead atoms. The number of aliphatic hydroxyl groups excluding tert-OH is 1. The number of hydrogen-bond donors (Lipinski definition) is 1. The fourth-order valence-electron chi connectivity index (χ4n) is 3.69. The molecule has 2 unspecified atom stereocenters. The highest BCUT2D eigenvalue weighted by Gasteiger charge is 2.31. The number of para-hydroxylation sites is 3. The van der Waals surface area contributed by atoms with Gasteiger partial charge in [0, 0.05) is 12.6 Å². The van der Waals surface area contributed by atoms with Crippen molar-refractivity contribution < 1.29 is 19.3 Å². The fraction of sp³-hybridized carbons (Fsp3) is 0.208. The minimum absolute atomic E-state index is 0.281. The van der Waals surface area contributed by atoms with Crippen LogP contribution in [0.15, 0.2) is 72.8 Å². The standard InChI is InChI=1S/C24H22N2O4/c1-26-20-10-6-5-9-19(20)25-23(26)15-28-17-11-12-21-18(13-17)24(27)22(14-29-21)30-16-7-3-2-4-8-16/h2-13,22,24,27H,14-15H2,1H3. The molecule has 6 nitrogen and oxygen atoms in total. The maximum Gasteiger partial charge on any atom is 0.163 e. The number of ether oxygens (including phenoxy) is 3.